The predicted molar refractivity (Wildman–Crippen MR) is 87.5 cm³/mol. The first kappa shape index (κ1) is 14.7. The van der Waals surface area contributed by atoms with Gasteiger partial charge in [0.1, 0.15) is 5.75 Å². The molecule has 2 fully saturated rings. The van der Waals surface area contributed by atoms with E-state index in [4.69, 9.17) is 9.26 Å². The van der Waals surface area contributed by atoms with Crippen LogP contribution in [0.1, 0.15) is 36.6 Å². The Labute approximate surface area is 136 Å². The molecule has 0 unspecified atom stereocenters. The molecule has 5 heteroatoms. The second-order valence-electron chi connectivity index (χ2n) is 6.73. The summed E-state index contributed by atoms with van der Waals surface area (Å²) in [6.45, 7) is 4.32. The van der Waals surface area contributed by atoms with E-state index in [1.54, 1.807) is 7.11 Å². The number of piperidine rings is 1. The molecular formula is C18H23N3O2. The average molecular weight is 313 g/mol. The normalized spacial score (nSPS) is 24.6. The molecule has 2 aliphatic rings. The fraction of sp³-hybridized carbons (Fsp3) is 0.556. The minimum Gasteiger partial charge on any atom is -0.496 e. The van der Waals surface area contributed by atoms with Gasteiger partial charge in [0.25, 0.3) is 0 Å². The molecule has 2 aromatic rings. The van der Waals surface area contributed by atoms with Crippen molar-refractivity contribution in [2.24, 2.45) is 11.8 Å². The van der Waals surface area contributed by atoms with Gasteiger partial charge in [-0.05, 0) is 74.9 Å². The van der Waals surface area contributed by atoms with Crippen LogP contribution in [0, 0.1) is 18.8 Å². The van der Waals surface area contributed by atoms with Gasteiger partial charge >= 0.3 is 0 Å². The molecule has 0 radical (unpaired) electrons. The van der Waals surface area contributed by atoms with E-state index in [9.17, 15) is 0 Å². The zero-order chi connectivity index (χ0) is 15.8. The van der Waals surface area contributed by atoms with E-state index in [1.165, 1.54) is 19.3 Å². The van der Waals surface area contributed by atoms with Crippen molar-refractivity contribution in [2.45, 2.75) is 32.1 Å². The summed E-state index contributed by atoms with van der Waals surface area (Å²) in [5.74, 6) is 4.41. The Hall–Kier alpha value is -1.88. The Morgan fingerprint density at radius 2 is 2.09 bits per heavy atom. The van der Waals surface area contributed by atoms with Gasteiger partial charge in [-0.15, -0.1) is 0 Å². The first-order valence-electron chi connectivity index (χ1n) is 8.45. The Kier molecular flexibility index (Phi) is 3.81. The van der Waals surface area contributed by atoms with Crippen LogP contribution in [-0.4, -0.2) is 30.3 Å². The number of hydrogen-bond donors (Lipinski definition) is 1. The van der Waals surface area contributed by atoms with Gasteiger partial charge in [-0.1, -0.05) is 5.16 Å². The summed E-state index contributed by atoms with van der Waals surface area (Å²) in [5, 5.41) is 7.62. The van der Waals surface area contributed by atoms with Crippen LogP contribution in [0.5, 0.6) is 5.75 Å². The average Bonchev–Trinajstić information content (AvgIpc) is 3.24. The number of nitrogens with one attached hydrogen (secondary N) is 1. The first-order valence-corrected chi connectivity index (χ1v) is 8.45. The van der Waals surface area contributed by atoms with Crippen LogP contribution in [0.25, 0.3) is 11.4 Å². The maximum atomic E-state index is 5.55. The summed E-state index contributed by atoms with van der Waals surface area (Å²) in [5.41, 5.74) is 2.06. The van der Waals surface area contributed by atoms with Crippen molar-refractivity contribution < 1.29 is 9.26 Å². The summed E-state index contributed by atoms with van der Waals surface area (Å²) in [6.07, 6.45) is 3.76. The van der Waals surface area contributed by atoms with Crippen molar-refractivity contribution in [3.63, 3.8) is 0 Å². The van der Waals surface area contributed by atoms with Gasteiger partial charge in [-0.2, -0.15) is 4.98 Å². The van der Waals surface area contributed by atoms with E-state index in [0.717, 1.165) is 47.7 Å². The summed E-state index contributed by atoms with van der Waals surface area (Å²) < 4.78 is 10.9. The number of aryl methyl sites for hydroxylation is 1. The van der Waals surface area contributed by atoms with Crippen molar-refractivity contribution in [1.29, 1.82) is 0 Å². The molecule has 1 saturated carbocycles. The topological polar surface area (TPSA) is 60.2 Å². The smallest absolute Gasteiger partial charge is 0.230 e. The third-order valence-corrected chi connectivity index (χ3v) is 5.24. The summed E-state index contributed by atoms with van der Waals surface area (Å²) >= 11 is 0. The Bertz CT molecular complexity index is 691. The lowest BCUT2D eigenvalue weighted by Crippen LogP contribution is -2.28. The predicted octanol–water partition coefficient (Wildman–Crippen LogP) is 3.16. The van der Waals surface area contributed by atoms with Gasteiger partial charge in [0.15, 0.2) is 0 Å². The van der Waals surface area contributed by atoms with E-state index in [-0.39, 0.29) is 0 Å². The molecule has 1 aliphatic carbocycles. The molecule has 1 aliphatic heterocycles. The van der Waals surface area contributed by atoms with Crippen LogP contribution in [0.2, 0.25) is 0 Å². The van der Waals surface area contributed by atoms with Gasteiger partial charge in [-0.25, -0.2) is 0 Å². The van der Waals surface area contributed by atoms with Crippen LogP contribution >= 0.6 is 0 Å². The number of ether oxygens (including phenoxy) is 1. The number of nitrogens with zero attached hydrogens (tertiary/aromatic N) is 2. The molecule has 4 rings (SSSR count). The molecular weight excluding hydrogens is 290 g/mol. The van der Waals surface area contributed by atoms with E-state index in [0.29, 0.717) is 11.7 Å². The number of benzene rings is 1. The maximum absolute atomic E-state index is 5.55. The number of rotatable bonds is 4. The molecule has 2 atom stereocenters. The van der Waals surface area contributed by atoms with Gasteiger partial charge in [0, 0.05) is 11.5 Å². The molecule has 122 valence electrons. The van der Waals surface area contributed by atoms with Gasteiger partial charge < -0.3 is 14.6 Å². The molecule has 5 nitrogen and oxygen atoms in total. The summed E-state index contributed by atoms with van der Waals surface area (Å²) in [4.78, 5) is 4.65. The zero-order valence-electron chi connectivity index (χ0n) is 13.7. The second-order valence-corrected chi connectivity index (χ2v) is 6.73. The van der Waals surface area contributed by atoms with Crippen molar-refractivity contribution in [2.75, 3.05) is 20.2 Å². The fourth-order valence-corrected chi connectivity index (χ4v) is 3.81. The van der Waals surface area contributed by atoms with Gasteiger partial charge in [0.05, 0.1) is 7.11 Å². The summed E-state index contributed by atoms with van der Waals surface area (Å²) in [7, 11) is 1.68. The Morgan fingerprint density at radius 3 is 2.83 bits per heavy atom. The van der Waals surface area contributed by atoms with E-state index < -0.39 is 0 Å². The van der Waals surface area contributed by atoms with Crippen LogP contribution < -0.4 is 10.1 Å². The lowest BCUT2D eigenvalue weighted by atomic mass is 9.92. The Morgan fingerprint density at radius 1 is 1.26 bits per heavy atom. The zero-order valence-corrected chi connectivity index (χ0v) is 13.7. The van der Waals surface area contributed by atoms with Crippen molar-refractivity contribution in [1.82, 2.24) is 15.5 Å². The highest BCUT2D eigenvalue weighted by molar-refractivity contribution is 5.58. The molecule has 1 saturated heterocycles. The third-order valence-electron chi connectivity index (χ3n) is 5.24. The monoisotopic (exact) mass is 313 g/mol. The molecule has 2 heterocycles. The first-order chi connectivity index (χ1) is 11.3. The van der Waals surface area contributed by atoms with Gasteiger partial charge in [-0.3, -0.25) is 0 Å². The molecule has 1 aromatic heterocycles. The van der Waals surface area contributed by atoms with Crippen molar-refractivity contribution in [3.05, 3.63) is 29.7 Å². The third kappa shape index (κ3) is 2.85. The molecule has 0 amide bonds. The van der Waals surface area contributed by atoms with E-state index in [1.807, 2.05) is 25.1 Å². The van der Waals surface area contributed by atoms with E-state index >= 15 is 0 Å². The molecule has 0 bridgehead atoms. The van der Waals surface area contributed by atoms with Crippen LogP contribution in [0.15, 0.2) is 22.7 Å². The summed E-state index contributed by atoms with van der Waals surface area (Å²) in [6, 6.07) is 5.98. The molecule has 23 heavy (non-hydrogen) atoms. The minimum absolute atomic E-state index is 0.471. The lowest BCUT2D eigenvalue weighted by Gasteiger charge is -2.22. The van der Waals surface area contributed by atoms with Gasteiger partial charge in [0.2, 0.25) is 11.7 Å². The quantitative estimate of drug-likeness (QED) is 0.939. The van der Waals surface area contributed by atoms with Crippen molar-refractivity contribution in [3.8, 4) is 17.1 Å². The standard InChI is InChI=1S/C18H23N3O2/c1-11-9-13(3-4-16(11)22-2)17-20-18(23-21-17)15-10-14(15)12-5-7-19-8-6-12/h3-4,9,12,14-15,19H,5-8,10H2,1-2H3/t14-,15+/m0/s1. The molecule has 1 aromatic carbocycles. The SMILES string of the molecule is COc1ccc(-c2noc([C@@H]3C[C@H]3C3CCNCC3)n2)cc1C. The van der Waals surface area contributed by atoms with Crippen LogP contribution in [0.3, 0.4) is 0 Å². The number of aromatic nitrogens is 2. The van der Waals surface area contributed by atoms with E-state index in [2.05, 4.69) is 15.5 Å². The Balaban J connectivity index is 1.48. The highest BCUT2D eigenvalue weighted by Crippen LogP contribution is 2.53. The highest BCUT2D eigenvalue weighted by atomic mass is 16.5. The molecule has 1 N–H and O–H groups in total. The van der Waals surface area contributed by atoms with Crippen LogP contribution in [0.4, 0.5) is 0 Å². The number of methoxy groups -OCH3 is 1. The lowest BCUT2D eigenvalue weighted by molar-refractivity contribution is 0.317. The fourth-order valence-electron chi connectivity index (χ4n) is 3.81. The maximum Gasteiger partial charge on any atom is 0.230 e. The number of hydrogen-bond acceptors (Lipinski definition) is 5. The van der Waals surface area contributed by atoms with Crippen LogP contribution in [-0.2, 0) is 0 Å². The molecule has 0 spiro atoms. The van der Waals surface area contributed by atoms with Crippen molar-refractivity contribution >= 4 is 0 Å². The highest BCUT2D eigenvalue weighted by Gasteiger charge is 2.47. The minimum atomic E-state index is 0.471. The second kappa shape index (κ2) is 5.96. The largest absolute Gasteiger partial charge is 0.496 e.